The number of ether oxygens (including phenoxy) is 1. The quantitative estimate of drug-likeness (QED) is 0.665. The predicted molar refractivity (Wildman–Crippen MR) is 85.4 cm³/mol. The van der Waals surface area contributed by atoms with E-state index in [9.17, 15) is 4.79 Å². The Morgan fingerprint density at radius 1 is 1.00 bits per heavy atom. The van der Waals surface area contributed by atoms with E-state index in [4.69, 9.17) is 10.00 Å². The molecule has 0 spiro atoms. The lowest BCUT2D eigenvalue weighted by molar-refractivity contribution is 0.0601. The van der Waals surface area contributed by atoms with Gasteiger partial charge in [0.2, 0.25) is 0 Å². The number of nitriles is 1. The molecular weight excluding hydrogens is 274 g/mol. The molecule has 0 aliphatic rings. The van der Waals surface area contributed by atoms with Crippen molar-refractivity contribution >= 4 is 16.7 Å². The predicted octanol–water partition coefficient (Wildman–Crippen LogP) is 4.17. The normalized spacial score (nSPS) is 10.2. The van der Waals surface area contributed by atoms with Crippen LogP contribution in [0.2, 0.25) is 0 Å². The van der Waals surface area contributed by atoms with Gasteiger partial charge in [0.05, 0.1) is 24.3 Å². The molecule has 0 saturated carbocycles. The van der Waals surface area contributed by atoms with Crippen molar-refractivity contribution in [1.82, 2.24) is 0 Å². The van der Waals surface area contributed by atoms with Gasteiger partial charge in [0.25, 0.3) is 0 Å². The molecule has 0 atom stereocenters. The van der Waals surface area contributed by atoms with Crippen molar-refractivity contribution in [3.05, 3.63) is 71.8 Å². The summed E-state index contributed by atoms with van der Waals surface area (Å²) >= 11 is 0. The number of carbonyl (C=O) groups is 1. The lowest BCUT2D eigenvalue weighted by atomic mass is 9.93. The second kappa shape index (κ2) is 5.71. The number of nitrogens with zero attached hydrogens (tertiary/aromatic N) is 1. The highest BCUT2D eigenvalue weighted by atomic mass is 16.5. The first-order chi connectivity index (χ1) is 10.7. The maximum Gasteiger partial charge on any atom is 0.338 e. The van der Waals surface area contributed by atoms with E-state index in [1.165, 1.54) is 7.11 Å². The molecule has 0 aliphatic heterocycles. The van der Waals surface area contributed by atoms with Gasteiger partial charge in [0.15, 0.2) is 0 Å². The van der Waals surface area contributed by atoms with Gasteiger partial charge in [-0.2, -0.15) is 5.26 Å². The second-order valence-corrected chi connectivity index (χ2v) is 4.89. The number of carbonyl (C=O) groups excluding carboxylic acids is 1. The van der Waals surface area contributed by atoms with E-state index in [1.54, 1.807) is 18.2 Å². The lowest BCUT2D eigenvalue weighted by Gasteiger charge is -2.11. The third kappa shape index (κ3) is 2.32. The van der Waals surface area contributed by atoms with E-state index in [1.807, 2.05) is 42.5 Å². The van der Waals surface area contributed by atoms with Crippen LogP contribution in [-0.4, -0.2) is 13.1 Å². The summed E-state index contributed by atoms with van der Waals surface area (Å²) in [5, 5.41) is 11.3. The average Bonchev–Trinajstić information content (AvgIpc) is 2.60. The molecule has 0 N–H and O–H groups in total. The van der Waals surface area contributed by atoms with Crippen LogP contribution in [0.5, 0.6) is 0 Å². The van der Waals surface area contributed by atoms with Gasteiger partial charge in [-0.3, -0.25) is 0 Å². The third-order valence-electron chi connectivity index (χ3n) is 3.63. The summed E-state index contributed by atoms with van der Waals surface area (Å²) in [5.74, 6) is -0.410. The van der Waals surface area contributed by atoms with Gasteiger partial charge in [-0.1, -0.05) is 42.5 Å². The molecule has 22 heavy (non-hydrogen) atoms. The Morgan fingerprint density at radius 2 is 1.77 bits per heavy atom. The molecule has 0 fully saturated rings. The fraction of sp³-hybridized carbons (Fsp3) is 0.0526. The first-order valence-corrected chi connectivity index (χ1v) is 6.85. The average molecular weight is 287 g/mol. The summed E-state index contributed by atoms with van der Waals surface area (Å²) in [6, 6.07) is 21.0. The van der Waals surface area contributed by atoms with Crippen LogP contribution in [-0.2, 0) is 4.74 Å². The van der Waals surface area contributed by atoms with Crippen LogP contribution < -0.4 is 0 Å². The van der Waals surface area contributed by atoms with Crippen molar-refractivity contribution < 1.29 is 9.53 Å². The Bertz CT molecular complexity index is 901. The SMILES string of the molecule is COC(=O)c1ccc(C#N)cc1-c1cccc2ccccc12. The highest BCUT2D eigenvalue weighted by Gasteiger charge is 2.15. The molecule has 3 aromatic carbocycles. The zero-order chi connectivity index (χ0) is 15.5. The van der Waals surface area contributed by atoms with Gasteiger partial charge in [-0.15, -0.1) is 0 Å². The largest absolute Gasteiger partial charge is 0.465 e. The monoisotopic (exact) mass is 287 g/mol. The fourth-order valence-corrected chi connectivity index (χ4v) is 2.58. The number of methoxy groups -OCH3 is 1. The topological polar surface area (TPSA) is 50.1 Å². The Labute approximate surface area is 128 Å². The Kier molecular flexibility index (Phi) is 3.59. The number of fused-ring (bicyclic) bond motifs is 1. The molecule has 0 radical (unpaired) electrons. The van der Waals surface area contributed by atoms with Crippen molar-refractivity contribution in [1.29, 1.82) is 5.26 Å². The summed E-state index contributed by atoms with van der Waals surface area (Å²) < 4.78 is 4.86. The van der Waals surface area contributed by atoms with E-state index in [0.717, 1.165) is 16.3 Å². The highest BCUT2D eigenvalue weighted by molar-refractivity contribution is 6.04. The standard InChI is InChI=1S/C19H13NO2/c1-22-19(21)17-10-9-13(12-20)11-18(17)16-8-4-6-14-5-2-3-7-15(14)16/h2-11H,1H3. The minimum atomic E-state index is -0.410. The molecule has 3 rings (SSSR count). The summed E-state index contributed by atoms with van der Waals surface area (Å²) in [5.41, 5.74) is 2.59. The van der Waals surface area contributed by atoms with Gasteiger partial charge in [0.1, 0.15) is 0 Å². The van der Waals surface area contributed by atoms with Crippen LogP contribution in [0, 0.1) is 11.3 Å². The molecule has 0 saturated heterocycles. The smallest absolute Gasteiger partial charge is 0.338 e. The van der Waals surface area contributed by atoms with Crippen LogP contribution in [0.15, 0.2) is 60.7 Å². The van der Waals surface area contributed by atoms with Crippen LogP contribution in [0.4, 0.5) is 0 Å². The molecule has 0 bridgehead atoms. The molecule has 0 unspecified atom stereocenters. The molecular formula is C19H13NO2. The molecule has 0 aliphatic carbocycles. The van der Waals surface area contributed by atoms with E-state index < -0.39 is 5.97 Å². The van der Waals surface area contributed by atoms with Crippen LogP contribution >= 0.6 is 0 Å². The van der Waals surface area contributed by atoms with Gasteiger partial charge < -0.3 is 4.74 Å². The number of benzene rings is 3. The van der Waals surface area contributed by atoms with Gasteiger partial charge in [0, 0.05) is 0 Å². The number of hydrogen-bond acceptors (Lipinski definition) is 3. The van der Waals surface area contributed by atoms with E-state index in [2.05, 4.69) is 6.07 Å². The lowest BCUT2D eigenvalue weighted by Crippen LogP contribution is -2.04. The summed E-state index contributed by atoms with van der Waals surface area (Å²) in [7, 11) is 1.35. The summed E-state index contributed by atoms with van der Waals surface area (Å²) in [6.45, 7) is 0. The fourth-order valence-electron chi connectivity index (χ4n) is 2.58. The van der Waals surface area contributed by atoms with Gasteiger partial charge in [-0.25, -0.2) is 4.79 Å². The molecule has 0 heterocycles. The molecule has 106 valence electrons. The van der Waals surface area contributed by atoms with E-state index in [0.29, 0.717) is 16.7 Å². The summed E-state index contributed by atoms with van der Waals surface area (Å²) in [4.78, 5) is 12.0. The summed E-state index contributed by atoms with van der Waals surface area (Å²) in [6.07, 6.45) is 0. The maximum atomic E-state index is 12.0. The van der Waals surface area contributed by atoms with Crippen molar-refractivity contribution in [2.75, 3.05) is 7.11 Å². The van der Waals surface area contributed by atoms with Crippen LogP contribution in [0.25, 0.3) is 21.9 Å². The molecule has 0 aromatic heterocycles. The first-order valence-electron chi connectivity index (χ1n) is 6.85. The Balaban J connectivity index is 2.34. The third-order valence-corrected chi connectivity index (χ3v) is 3.63. The van der Waals surface area contributed by atoms with E-state index in [-0.39, 0.29) is 0 Å². The zero-order valence-corrected chi connectivity index (χ0v) is 12.0. The molecule has 0 amide bonds. The zero-order valence-electron chi connectivity index (χ0n) is 12.0. The molecule has 3 heteroatoms. The van der Waals surface area contributed by atoms with Crippen molar-refractivity contribution in [3.63, 3.8) is 0 Å². The molecule has 3 aromatic rings. The van der Waals surface area contributed by atoms with E-state index >= 15 is 0 Å². The number of esters is 1. The van der Waals surface area contributed by atoms with Crippen molar-refractivity contribution in [3.8, 4) is 17.2 Å². The first kappa shape index (κ1) is 13.8. The second-order valence-electron chi connectivity index (χ2n) is 4.89. The van der Waals surface area contributed by atoms with Crippen molar-refractivity contribution in [2.24, 2.45) is 0 Å². The number of hydrogen-bond donors (Lipinski definition) is 0. The van der Waals surface area contributed by atoms with Crippen molar-refractivity contribution in [2.45, 2.75) is 0 Å². The van der Waals surface area contributed by atoms with Gasteiger partial charge in [-0.05, 0) is 40.1 Å². The maximum absolute atomic E-state index is 12.0. The number of rotatable bonds is 2. The highest BCUT2D eigenvalue weighted by Crippen LogP contribution is 2.32. The minimum absolute atomic E-state index is 0.410. The Hall–Kier alpha value is -3.12. The van der Waals surface area contributed by atoms with Gasteiger partial charge >= 0.3 is 5.97 Å². The van der Waals surface area contributed by atoms with Crippen LogP contribution in [0.3, 0.4) is 0 Å². The minimum Gasteiger partial charge on any atom is -0.465 e. The van der Waals surface area contributed by atoms with Crippen LogP contribution in [0.1, 0.15) is 15.9 Å². The molecule has 3 nitrogen and oxygen atoms in total. The Morgan fingerprint density at radius 3 is 2.55 bits per heavy atom.